The summed E-state index contributed by atoms with van der Waals surface area (Å²) in [5.74, 6) is -0.372. The number of carbonyl (C=O) groups is 1. The highest BCUT2D eigenvalue weighted by Crippen LogP contribution is 2.39. The van der Waals surface area contributed by atoms with Crippen LogP contribution in [-0.2, 0) is 4.79 Å². The molecular weight excluding hydrogens is 382 g/mol. The van der Waals surface area contributed by atoms with Gasteiger partial charge in [0, 0.05) is 19.0 Å². The van der Waals surface area contributed by atoms with Gasteiger partial charge in [0.15, 0.2) is 0 Å². The number of H-pyrrole nitrogens is 1. The van der Waals surface area contributed by atoms with Crippen LogP contribution < -0.4 is 20.5 Å². The first-order chi connectivity index (χ1) is 14.5. The lowest BCUT2D eigenvalue weighted by Gasteiger charge is -2.33. The lowest BCUT2D eigenvalue weighted by Crippen LogP contribution is -2.41. The number of piperidine rings is 1. The Kier molecular flexibility index (Phi) is 5.44. The van der Waals surface area contributed by atoms with Gasteiger partial charge in [-0.25, -0.2) is 0 Å². The normalized spacial score (nSPS) is 23.3. The molecule has 0 radical (unpaired) electrons. The van der Waals surface area contributed by atoms with E-state index < -0.39 is 17.7 Å². The van der Waals surface area contributed by atoms with Crippen molar-refractivity contribution in [3.8, 4) is 11.8 Å². The summed E-state index contributed by atoms with van der Waals surface area (Å²) in [6, 6.07) is 9.25. The van der Waals surface area contributed by atoms with Crippen molar-refractivity contribution in [1.82, 2.24) is 9.97 Å². The van der Waals surface area contributed by atoms with E-state index in [0.717, 1.165) is 25.9 Å². The van der Waals surface area contributed by atoms with Crippen LogP contribution >= 0.6 is 0 Å². The van der Waals surface area contributed by atoms with E-state index in [2.05, 4.69) is 28.3 Å². The molecule has 1 saturated heterocycles. The van der Waals surface area contributed by atoms with Crippen LogP contribution in [0.5, 0.6) is 5.75 Å². The number of rotatable bonds is 4. The molecule has 1 aromatic carbocycles. The van der Waals surface area contributed by atoms with Gasteiger partial charge in [0.25, 0.3) is 5.56 Å². The van der Waals surface area contributed by atoms with Crippen molar-refractivity contribution in [2.24, 2.45) is 11.8 Å². The molecule has 156 valence electrons. The number of aromatic nitrogens is 2. The van der Waals surface area contributed by atoms with Crippen molar-refractivity contribution in [1.29, 1.82) is 5.26 Å². The van der Waals surface area contributed by atoms with E-state index in [1.54, 1.807) is 24.3 Å². The number of carbonyl (C=O) groups excluding carboxylic acids is 1. The van der Waals surface area contributed by atoms with Gasteiger partial charge >= 0.3 is 0 Å². The molecule has 2 aromatic rings. The predicted octanol–water partition coefficient (Wildman–Crippen LogP) is 2.63. The molecule has 8 nitrogen and oxygen atoms in total. The zero-order chi connectivity index (χ0) is 21.3. The van der Waals surface area contributed by atoms with E-state index in [-0.39, 0.29) is 11.4 Å². The second kappa shape index (κ2) is 8.19. The van der Waals surface area contributed by atoms with E-state index in [0.29, 0.717) is 35.3 Å². The average molecular weight is 407 g/mol. The summed E-state index contributed by atoms with van der Waals surface area (Å²) < 4.78 is 5.57. The van der Waals surface area contributed by atoms with Crippen LogP contribution in [0, 0.1) is 23.2 Å². The molecule has 2 N–H and O–H groups in total. The molecule has 0 aliphatic carbocycles. The van der Waals surface area contributed by atoms with Crippen molar-refractivity contribution in [3.05, 3.63) is 45.7 Å². The summed E-state index contributed by atoms with van der Waals surface area (Å²) in [6.07, 6.45) is 2.17. The van der Waals surface area contributed by atoms with Crippen molar-refractivity contribution >= 4 is 17.7 Å². The van der Waals surface area contributed by atoms with E-state index in [9.17, 15) is 14.9 Å². The maximum absolute atomic E-state index is 13.2. The summed E-state index contributed by atoms with van der Waals surface area (Å²) in [5, 5.41) is 12.4. The average Bonchev–Trinajstić information content (AvgIpc) is 2.73. The lowest BCUT2D eigenvalue weighted by atomic mass is 9.79. The minimum atomic E-state index is -1.03. The third-order valence-corrected chi connectivity index (χ3v) is 5.74. The number of hydrogen-bond acceptors (Lipinski definition) is 6. The molecule has 8 heteroatoms. The topological polar surface area (TPSA) is 111 Å². The highest BCUT2D eigenvalue weighted by Gasteiger charge is 2.40. The Morgan fingerprint density at radius 2 is 2.20 bits per heavy atom. The Bertz CT molecular complexity index is 1060. The minimum Gasteiger partial charge on any atom is -0.494 e. The second-order valence-electron chi connectivity index (χ2n) is 7.92. The molecule has 2 aliphatic rings. The molecule has 4 rings (SSSR count). The van der Waals surface area contributed by atoms with Crippen LogP contribution in [0.1, 0.15) is 43.7 Å². The van der Waals surface area contributed by atoms with Crippen LogP contribution in [0.3, 0.4) is 0 Å². The van der Waals surface area contributed by atoms with Crippen LogP contribution in [0.15, 0.2) is 29.1 Å². The number of nitrogens with one attached hydrogen (secondary N) is 2. The van der Waals surface area contributed by atoms with Crippen LogP contribution in [0.25, 0.3) is 0 Å². The Balaban J connectivity index is 1.81. The molecule has 30 heavy (non-hydrogen) atoms. The maximum atomic E-state index is 13.2. The number of aromatic amines is 1. The minimum absolute atomic E-state index is 0.232. The van der Waals surface area contributed by atoms with Gasteiger partial charge < -0.3 is 15.0 Å². The molecule has 3 unspecified atom stereocenters. The lowest BCUT2D eigenvalue weighted by molar-refractivity contribution is -0.119. The third kappa shape index (κ3) is 3.63. The molecule has 0 saturated carbocycles. The Morgan fingerprint density at radius 1 is 1.37 bits per heavy atom. The van der Waals surface area contributed by atoms with Gasteiger partial charge in [0.1, 0.15) is 17.5 Å². The molecule has 1 fully saturated rings. The number of ether oxygens (including phenoxy) is 1. The van der Waals surface area contributed by atoms with Crippen molar-refractivity contribution in [3.63, 3.8) is 0 Å². The van der Waals surface area contributed by atoms with Crippen LogP contribution in [-0.4, -0.2) is 35.6 Å². The molecule has 3 heterocycles. The van der Waals surface area contributed by atoms with Crippen molar-refractivity contribution < 1.29 is 9.53 Å². The van der Waals surface area contributed by atoms with Crippen molar-refractivity contribution in [2.45, 2.75) is 32.6 Å². The highest BCUT2D eigenvalue weighted by atomic mass is 16.5. The smallest absolute Gasteiger partial charge is 0.258 e. The molecule has 0 spiro atoms. The van der Waals surface area contributed by atoms with Crippen molar-refractivity contribution in [2.75, 3.05) is 29.9 Å². The monoisotopic (exact) mass is 407 g/mol. The van der Waals surface area contributed by atoms with Gasteiger partial charge in [-0.05, 0) is 43.4 Å². The van der Waals surface area contributed by atoms with E-state index in [4.69, 9.17) is 4.74 Å². The van der Waals surface area contributed by atoms with E-state index in [1.807, 2.05) is 11.8 Å². The number of nitriles is 1. The largest absolute Gasteiger partial charge is 0.494 e. The maximum Gasteiger partial charge on any atom is 0.258 e. The molecule has 1 amide bonds. The third-order valence-electron chi connectivity index (χ3n) is 5.74. The van der Waals surface area contributed by atoms with Gasteiger partial charge in [-0.1, -0.05) is 19.1 Å². The summed E-state index contributed by atoms with van der Waals surface area (Å²) in [4.78, 5) is 35.4. The standard InChI is InChI=1S/C22H25N5O3/c1-3-30-15-8-4-7-14(10-15)17-16(11-23)20(28)24-19-18(17)21(29)26-22(25-19)27-9-5-6-13(2)12-27/h4,7-8,10,13,16-17H,3,5-6,9,12H2,1-2H3,(H2,24,25,26,28,29). The summed E-state index contributed by atoms with van der Waals surface area (Å²) in [6.45, 7) is 6.15. The number of benzene rings is 1. The fourth-order valence-electron chi connectivity index (χ4n) is 4.36. The van der Waals surface area contributed by atoms with E-state index >= 15 is 0 Å². The Labute approximate surface area is 174 Å². The number of amides is 1. The first kappa shape index (κ1) is 20.0. The molecular formula is C22H25N5O3. The highest BCUT2D eigenvalue weighted by molar-refractivity contribution is 5.98. The first-order valence-corrected chi connectivity index (χ1v) is 10.3. The number of fused-ring (bicyclic) bond motifs is 1. The van der Waals surface area contributed by atoms with E-state index in [1.165, 1.54) is 0 Å². The summed E-state index contributed by atoms with van der Waals surface area (Å²) in [5.41, 5.74) is 0.652. The van der Waals surface area contributed by atoms with Crippen LogP contribution in [0.4, 0.5) is 11.8 Å². The van der Waals surface area contributed by atoms with Gasteiger partial charge in [0.05, 0.1) is 18.2 Å². The SMILES string of the molecule is CCOc1cccc(C2c3c(nc(N4CCCC(C)C4)[nH]c3=O)NC(=O)C2C#N)c1. The second-order valence-corrected chi connectivity index (χ2v) is 7.92. The Morgan fingerprint density at radius 3 is 2.93 bits per heavy atom. The number of hydrogen-bond donors (Lipinski definition) is 2. The summed E-state index contributed by atoms with van der Waals surface area (Å²) in [7, 11) is 0. The summed E-state index contributed by atoms with van der Waals surface area (Å²) >= 11 is 0. The predicted molar refractivity (Wildman–Crippen MR) is 113 cm³/mol. The fraction of sp³-hybridized carbons (Fsp3) is 0.455. The quantitative estimate of drug-likeness (QED) is 0.806. The molecule has 0 bridgehead atoms. The molecule has 3 atom stereocenters. The molecule has 1 aromatic heterocycles. The van der Waals surface area contributed by atoms with Gasteiger partial charge in [-0.2, -0.15) is 10.2 Å². The van der Waals surface area contributed by atoms with Gasteiger partial charge in [-0.3, -0.25) is 14.6 Å². The number of anilines is 2. The zero-order valence-electron chi connectivity index (χ0n) is 17.1. The zero-order valence-corrected chi connectivity index (χ0v) is 17.1. The fourth-order valence-corrected chi connectivity index (χ4v) is 4.36. The van der Waals surface area contributed by atoms with Gasteiger partial charge in [-0.15, -0.1) is 0 Å². The van der Waals surface area contributed by atoms with Crippen LogP contribution in [0.2, 0.25) is 0 Å². The number of nitrogens with zero attached hydrogens (tertiary/aromatic N) is 3. The molecule has 2 aliphatic heterocycles. The Hall–Kier alpha value is -3.34. The van der Waals surface area contributed by atoms with Gasteiger partial charge in [0.2, 0.25) is 11.9 Å². The first-order valence-electron chi connectivity index (χ1n) is 10.3.